The van der Waals surface area contributed by atoms with E-state index in [2.05, 4.69) is 39.8 Å². The summed E-state index contributed by atoms with van der Waals surface area (Å²) in [5.41, 5.74) is 5.38. The van der Waals surface area contributed by atoms with Crippen LogP contribution in [-0.2, 0) is 47.6 Å². The third-order valence-corrected chi connectivity index (χ3v) is 18.3. The maximum absolute atomic E-state index is 14.6. The van der Waals surface area contributed by atoms with Crippen molar-refractivity contribution in [1.29, 1.82) is 0 Å². The average Bonchev–Trinajstić information content (AvgIpc) is 3.96. The number of esters is 1. The lowest BCUT2D eigenvalue weighted by Gasteiger charge is -2.49. The molecule has 8 rings (SSSR count). The second kappa shape index (κ2) is 26.7. The molecule has 438 valence electrons. The van der Waals surface area contributed by atoms with Crippen molar-refractivity contribution >= 4 is 62.5 Å². The number of carbonyl (C=O) groups is 5. The Labute approximate surface area is 473 Å². The summed E-state index contributed by atoms with van der Waals surface area (Å²) in [5.74, 6) is -9.28. The molecular formula is C60H83N5O14S. The number of fused-ring (bicyclic) bond motifs is 5. The van der Waals surface area contributed by atoms with Crippen molar-refractivity contribution < 1.29 is 67.7 Å². The first-order valence-corrected chi connectivity index (χ1v) is 29.2. The van der Waals surface area contributed by atoms with Crippen molar-refractivity contribution in [2.24, 2.45) is 35.5 Å². The third kappa shape index (κ3) is 13.8. The molecule has 4 fully saturated rings. The quantitative estimate of drug-likeness (QED) is 0.0508. The third-order valence-electron chi connectivity index (χ3n) is 17.2. The molecule has 5 heterocycles. The van der Waals surface area contributed by atoms with Crippen LogP contribution in [0.2, 0.25) is 0 Å². The molecule has 5 N–H and O–H groups in total. The van der Waals surface area contributed by atoms with Gasteiger partial charge >= 0.3 is 12.1 Å². The SMILES string of the molecule is CO[C@H]1C[C@@H](C)C/C(C)=C/[C@@H](CCOC(=O)NCCNc2ccc3sc(-c4ccc(N(C)C)cc4)nc3c2)C(=O)C[C@H](O)[C@@H](C)[C@@H]2OC(=O)[C@@H]3C(CCCN3C(=O)C(=O)[C@]3(O)O[C@H]1[C@@H](OC)C[C@H]3C)/C2=C\[C@@H]1CC[C@@H](O)[C@H](OC)C1. The Balaban J connectivity index is 0.998. The van der Waals surface area contributed by atoms with Gasteiger partial charge in [0.05, 0.1) is 47.3 Å². The van der Waals surface area contributed by atoms with Crippen molar-refractivity contribution in [3.8, 4) is 10.6 Å². The van der Waals surface area contributed by atoms with Crippen LogP contribution in [0.15, 0.2) is 65.8 Å². The predicted molar refractivity (Wildman–Crippen MR) is 303 cm³/mol. The molecule has 2 aromatic carbocycles. The number of benzene rings is 2. The van der Waals surface area contributed by atoms with E-state index in [0.29, 0.717) is 57.1 Å². The summed E-state index contributed by atoms with van der Waals surface area (Å²) >= 11 is 1.62. The average molecular weight is 1130 g/mol. The molecule has 3 aromatic rings. The zero-order valence-electron chi connectivity index (χ0n) is 47.8. The number of rotatable bonds is 13. The minimum absolute atomic E-state index is 0.0384. The molecule has 1 aliphatic carbocycles. The number of Topliss-reactive ketones (excluding diaryl/α,β-unsaturated/α-hetero) is 2. The maximum Gasteiger partial charge on any atom is 0.407 e. The highest BCUT2D eigenvalue weighted by Gasteiger charge is 2.58. The fraction of sp³-hybridized carbons (Fsp3) is 0.633. The Hall–Kier alpha value is -5.32. The number of methoxy groups -OCH3 is 3. The van der Waals surface area contributed by atoms with E-state index < -0.39 is 102 Å². The normalized spacial score (nSPS) is 34.1. The minimum atomic E-state index is -2.58. The Morgan fingerprint density at radius 1 is 0.912 bits per heavy atom. The molecule has 4 aliphatic heterocycles. The summed E-state index contributed by atoms with van der Waals surface area (Å²) in [4.78, 5) is 79.5. The Bertz CT molecular complexity index is 2730. The van der Waals surface area contributed by atoms with Crippen molar-refractivity contribution in [1.82, 2.24) is 15.2 Å². The van der Waals surface area contributed by atoms with Gasteiger partial charge in [0.2, 0.25) is 5.79 Å². The van der Waals surface area contributed by atoms with Crippen LogP contribution in [-0.4, -0.2) is 171 Å². The number of ketones is 2. The van der Waals surface area contributed by atoms with Gasteiger partial charge in [-0.05, 0) is 125 Å². The van der Waals surface area contributed by atoms with E-state index in [0.717, 1.165) is 37.7 Å². The van der Waals surface area contributed by atoms with Gasteiger partial charge in [0.1, 0.15) is 29.0 Å². The summed E-state index contributed by atoms with van der Waals surface area (Å²) in [5, 5.41) is 42.2. The number of carbonyl (C=O) groups excluding carboxylic acids is 5. The van der Waals surface area contributed by atoms with E-state index in [1.54, 1.807) is 32.3 Å². The molecule has 80 heavy (non-hydrogen) atoms. The van der Waals surface area contributed by atoms with Crippen LogP contribution in [0.4, 0.5) is 16.2 Å². The number of piperidine rings is 1. The second-order valence-corrected chi connectivity index (χ2v) is 24.1. The van der Waals surface area contributed by atoms with Gasteiger partial charge in [-0.1, -0.05) is 38.5 Å². The van der Waals surface area contributed by atoms with Crippen LogP contribution < -0.4 is 15.5 Å². The number of nitrogens with zero attached hydrogens (tertiary/aromatic N) is 3. The minimum Gasteiger partial charge on any atom is -0.456 e. The summed E-state index contributed by atoms with van der Waals surface area (Å²) in [6.45, 7) is 7.86. The van der Waals surface area contributed by atoms with E-state index in [-0.39, 0.29) is 56.6 Å². The zero-order valence-corrected chi connectivity index (χ0v) is 48.6. The summed E-state index contributed by atoms with van der Waals surface area (Å²) in [6.07, 6.45) is 0.695. The van der Waals surface area contributed by atoms with Gasteiger partial charge in [-0.15, -0.1) is 11.3 Å². The van der Waals surface area contributed by atoms with Gasteiger partial charge in [-0.25, -0.2) is 14.6 Å². The van der Waals surface area contributed by atoms with Crippen molar-refractivity contribution in [3.63, 3.8) is 0 Å². The number of allylic oxidation sites excluding steroid dienone is 3. The number of aliphatic hydroxyl groups excluding tert-OH is 2. The first-order chi connectivity index (χ1) is 38.2. The van der Waals surface area contributed by atoms with Crippen molar-refractivity contribution in [2.45, 2.75) is 146 Å². The zero-order chi connectivity index (χ0) is 57.6. The van der Waals surface area contributed by atoms with Gasteiger partial charge in [-0.2, -0.15) is 0 Å². The first kappa shape index (κ1) is 60.8. The molecule has 3 saturated heterocycles. The second-order valence-electron chi connectivity index (χ2n) is 23.1. The number of hydrogen-bond acceptors (Lipinski definition) is 18. The monoisotopic (exact) mass is 1130 g/mol. The highest BCUT2D eigenvalue weighted by Crippen LogP contribution is 2.45. The lowest BCUT2D eigenvalue weighted by molar-refractivity contribution is -0.302. The van der Waals surface area contributed by atoms with Crippen LogP contribution in [0.5, 0.6) is 0 Å². The molecule has 19 nitrogen and oxygen atoms in total. The molecule has 4 bridgehead atoms. The van der Waals surface area contributed by atoms with Crippen molar-refractivity contribution in [2.75, 3.05) is 71.9 Å². The first-order valence-electron chi connectivity index (χ1n) is 28.4. The molecule has 0 spiro atoms. The van der Waals surface area contributed by atoms with Crippen LogP contribution in [0.3, 0.4) is 0 Å². The number of amides is 2. The van der Waals surface area contributed by atoms with E-state index in [9.17, 15) is 39.3 Å². The topological polar surface area (TPSA) is 245 Å². The molecule has 20 heteroatoms. The van der Waals surface area contributed by atoms with Crippen LogP contribution in [0, 0.1) is 35.5 Å². The van der Waals surface area contributed by atoms with Crippen LogP contribution in [0.25, 0.3) is 20.8 Å². The Morgan fingerprint density at radius 2 is 1.64 bits per heavy atom. The summed E-state index contributed by atoms with van der Waals surface area (Å²) in [7, 11) is 8.57. The van der Waals surface area contributed by atoms with Gasteiger partial charge < -0.3 is 64.2 Å². The number of nitrogens with one attached hydrogen (secondary N) is 2. The molecule has 1 aromatic heterocycles. The Kier molecular flexibility index (Phi) is 20.3. The molecule has 15 atom stereocenters. The highest BCUT2D eigenvalue weighted by atomic mass is 32.1. The highest BCUT2D eigenvalue weighted by molar-refractivity contribution is 7.21. The summed E-state index contributed by atoms with van der Waals surface area (Å²) < 4.78 is 36.9. The lowest BCUT2D eigenvalue weighted by Crippen LogP contribution is -2.66. The lowest BCUT2D eigenvalue weighted by atomic mass is 9.72. The number of aliphatic hydroxyl groups is 3. The van der Waals surface area contributed by atoms with Crippen LogP contribution in [0.1, 0.15) is 91.9 Å². The fourth-order valence-electron chi connectivity index (χ4n) is 12.6. The van der Waals surface area contributed by atoms with Crippen molar-refractivity contribution in [3.05, 3.63) is 65.8 Å². The molecular weight excluding hydrogens is 1050 g/mol. The number of ether oxygens (including phenoxy) is 6. The van der Waals surface area contributed by atoms with E-state index in [1.807, 2.05) is 58.3 Å². The summed E-state index contributed by atoms with van der Waals surface area (Å²) in [6, 6.07) is 13.0. The molecule has 1 saturated carbocycles. The molecule has 5 aliphatic rings. The smallest absolute Gasteiger partial charge is 0.407 e. The van der Waals surface area contributed by atoms with E-state index in [1.165, 1.54) is 19.1 Å². The number of thiazole rings is 1. The van der Waals surface area contributed by atoms with Gasteiger partial charge in [0.15, 0.2) is 0 Å². The van der Waals surface area contributed by atoms with Gasteiger partial charge in [0, 0.05) is 102 Å². The maximum atomic E-state index is 14.6. The van der Waals surface area contributed by atoms with Gasteiger partial charge in [-0.3, -0.25) is 14.4 Å². The van der Waals surface area contributed by atoms with E-state index >= 15 is 0 Å². The largest absolute Gasteiger partial charge is 0.456 e. The predicted octanol–water partition coefficient (Wildman–Crippen LogP) is 6.85. The fourth-order valence-corrected chi connectivity index (χ4v) is 13.5. The molecule has 1 unspecified atom stereocenters. The van der Waals surface area contributed by atoms with Gasteiger partial charge in [0.25, 0.3) is 11.7 Å². The number of alkyl carbamates (subject to hydrolysis) is 1. The number of hydrogen-bond donors (Lipinski definition) is 5. The Morgan fingerprint density at radius 3 is 2.35 bits per heavy atom. The standard InChI is InChI=1S/C60H83N5O14S/c1-33-25-34(2)27-49(75-8)54-50(76-9)28-35(3)60(73,79-54)55(69)57(70)65-23-10-11-42-43(29-37-12-18-45(66)48(30-37)74-7)53(78-58(71)52(42)65)36(4)46(67)32-47(68)39(26-33)20-24-77-59(72)62-22-21-61-40-15-19-51-44(31-40)63-56(80-51)38-13-16-41(17-14-38)64(5)6/h13-17,19,26,29,31,34-37,39,42,45-46,48-50,52-54,61,66-67,73H,10-12,18,20-25,27-28,30,32H2,1-9H3,(H,62,72)/b33-26+,43-29+/t34-,35+,36+,37-,39+,42?,45+,46-,48+,49-,50-,52-,53-,54+,60+/m0/s1. The number of anilines is 2. The number of aromatic nitrogens is 1. The molecule has 2 amide bonds. The van der Waals surface area contributed by atoms with E-state index in [4.69, 9.17) is 33.4 Å². The van der Waals surface area contributed by atoms with Crippen LogP contribution >= 0.6 is 11.3 Å². The molecule has 0 radical (unpaired) electrons.